The molecule has 2 aromatic heterocycles. The van der Waals surface area contributed by atoms with E-state index in [4.69, 9.17) is 32.7 Å². The molecule has 6 nitrogen and oxygen atoms in total. The van der Waals surface area contributed by atoms with E-state index in [0.29, 0.717) is 37.9 Å². The molecule has 0 aliphatic rings. The van der Waals surface area contributed by atoms with Gasteiger partial charge in [-0.3, -0.25) is 9.20 Å². The van der Waals surface area contributed by atoms with Crippen molar-refractivity contribution in [3.05, 3.63) is 46.1 Å². The van der Waals surface area contributed by atoms with Crippen LogP contribution in [0.15, 0.2) is 35.6 Å². The molecule has 0 bridgehead atoms. The number of nitrogens with zero attached hydrogens (tertiary/aromatic N) is 3. The van der Waals surface area contributed by atoms with Crippen molar-refractivity contribution in [3.63, 3.8) is 0 Å². The number of rotatable bonds is 6. The van der Waals surface area contributed by atoms with Gasteiger partial charge >= 0.3 is 0 Å². The molecule has 25 heavy (non-hydrogen) atoms. The third-order valence-corrected chi connectivity index (χ3v) is 4.86. The molecule has 130 valence electrons. The fraction of sp³-hybridized carbons (Fsp3) is 0.188. The molecule has 0 radical (unpaired) electrons. The molecule has 9 heteroatoms. The lowest BCUT2D eigenvalue weighted by molar-refractivity contribution is 0.101. The van der Waals surface area contributed by atoms with Crippen LogP contribution < -0.4 is 9.47 Å². The SMILES string of the molecule is COc1ccc(C(=O)CSc2nnc3c(Cl)cc(Cl)cn23)c(OC)c1. The topological polar surface area (TPSA) is 65.7 Å². The zero-order chi connectivity index (χ0) is 18.0. The minimum atomic E-state index is -0.102. The molecule has 0 spiro atoms. The summed E-state index contributed by atoms with van der Waals surface area (Å²) in [4.78, 5) is 12.5. The summed E-state index contributed by atoms with van der Waals surface area (Å²) < 4.78 is 12.1. The maximum atomic E-state index is 12.5. The third kappa shape index (κ3) is 3.68. The summed E-state index contributed by atoms with van der Waals surface area (Å²) in [6.45, 7) is 0. The Morgan fingerprint density at radius 1 is 1.20 bits per heavy atom. The lowest BCUT2D eigenvalue weighted by Crippen LogP contribution is -2.06. The molecule has 0 aliphatic heterocycles. The monoisotopic (exact) mass is 397 g/mol. The number of thioether (sulfide) groups is 1. The molecule has 0 saturated carbocycles. The molecule has 0 N–H and O–H groups in total. The van der Waals surface area contributed by atoms with Crippen LogP contribution >= 0.6 is 35.0 Å². The molecular weight excluding hydrogens is 385 g/mol. The van der Waals surface area contributed by atoms with E-state index in [1.165, 1.54) is 18.9 Å². The molecule has 3 rings (SSSR count). The normalized spacial score (nSPS) is 10.9. The number of hydrogen-bond acceptors (Lipinski definition) is 6. The second-order valence-corrected chi connectivity index (χ2v) is 6.75. The summed E-state index contributed by atoms with van der Waals surface area (Å²) in [7, 11) is 3.06. The van der Waals surface area contributed by atoms with E-state index in [1.54, 1.807) is 42.0 Å². The summed E-state index contributed by atoms with van der Waals surface area (Å²) in [6, 6.07) is 6.65. The van der Waals surface area contributed by atoms with Gasteiger partial charge in [0.15, 0.2) is 16.6 Å². The zero-order valence-corrected chi connectivity index (χ0v) is 15.7. The maximum Gasteiger partial charge on any atom is 0.196 e. The average molecular weight is 398 g/mol. The highest BCUT2D eigenvalue weighted by Gasteiger charge is 2.16. The predicted molar refractivity (Wildman–Crippen MR) is 97.6 cm³/mol. The van der Waals surface area contributed by atoms with Crippen molar-refractivity contribution in [2.45, 2.75) is 5.16 Å². The Labute approximate surface area is 158 Å². The van der Waals surface area contributed by atoms with Gasteiger partial charge in [0.05, 0.1) is 35.6 Å². The van der Waals surface area contributed by atoms with Crippen LogP contribution in [-0.2, 0) is 0 Å². The fourth-order valence-corrected chi connectivity index (χ4v) is 3.54. The second-order valence-electron chi connectivity index (χ2n) is 4.96. The standard InChI is InChI=1S/C16H13Cl2N3O3S/c1-23-10-3-4-11(14(6-10)24-2)13(22)8-25-16-20-19-15-12(18)5-9(17)7-21(15)16/h3-7H,8H2,1-2H3. The molecule has 0 aliphatic carbocycles. The van der Waals surface area contributed by atoms with Crippen molar-refractivity contribution in [2.75, 3.05) is 20.0 Å². The summed E-state index contributed by atoms with van der Waals surface area (Å²) in [5.41, 5.74) is 0.962. The quantitative estimate of drug-likeness (QED) is 0.462. The molecule has 2 heterocycles. The van der Waals surface area contributed by atoms with Crippen LogP contribution in [0, 0.1) is 0 Å². The van der Waals surface area contributed by atoms with Gasteiger partial charge in [-0.1, -0.05) is 35.0 Å². The van der Waals surface area contributed by atoms with Crippen LogP contribution in [0.25, 0.3) is 5.65 Å². The number of aromatic nitrogens is 3. The van der Waals surface area contributed by atoms with Gasteiger partial charge in [0, 0.05) is 12.3 Å². The van der Waals surface area contributed by atoms with E-state index >= 15 is 0 Å². The first-order valence-electron chi connectivity index (χ1n) is 7.11. The number of halogens is 2. The fourth-order valence-electron chi connectivity index (χ4n) is 2.24. The summed E-state index contributed by atoms with van der Waals surface area (Å²) in [5.74, 6) is 1.14. The first-order valence-corrected chi connectivity index (χ1v) is 8.85. The van der Waals surface area contributed by atoms with Gasteiger partial charge in [0.1, 0.15) is 11.5 Å². The molecule has 1 aromatic carbocycles. The average Bonchev–Trinajstić information content (AvgIpc) is 3.02. The highest BCUT2D eigenvalue weighted by Crippen LogP contribution is 2.28. The maximum absolute atomic E-state index is 12.5. The van der Waals surface area contributed by atoms with E-state index in [-0.39, 0.29) is 11.5 Å². The summed E-state index contributed by atoms with van der Waals surface area (Å²) in [5, 5.41) is 9.46. The third-order valence-electron chi connectivity index (χ3n) is 3.44. The van der Waals surface area contributed by atoms with Gasteiger partial charge in [0.25, 0.3) is 0 Å². The van der Waals surface area contributed by atoms with E-state index in [2.05, 4.69) is 10.2 Å². The van der Waals surface area contributed by atoms with E-state index < -0.39 is 0 Å². The van der Waals surface area contributed by atoms with Crippen LogP contribution in [-0.4, -0.2) is 40.4 Å². The van der Waals surface area contributed by atoms with Crippen LogP contribution in [0.3, 0.4) is 0 Å². The lowest BCUT2D eigenvalue weighted by Gasteiger charge is -2.09. The Hall–Kier alpha value is -1.96. The van der Waals surface area contributed by atoms with Gasteiger partial charge in [-0.2, -0.15) is 0 Å². The molecule has 0 atom stereocenters. The summed E-state index contributed by atoms with van der Waals surface area (Å²) >= 11 is 13.3. The predicted octanol–water partition coefficient (Wildman–Crippen LogP) is 4.03. The number of hydrogen-bond donors (Lipinski definition) is 0. The number of pyridine rings is 1. The Bertz CT molecular complexity index is 946. The molecule has 0 unspecified atom stereocenters. The van der Waals surface area contributed by atoms with Crippen molar-refractivity contribution in [1.82, 2.24) is 14.6 Å². The number of carbonyl (C=O) groups is 1. The molecule has 3 aromatic rings. The Morgan fingerprint density at radius 3 is 2.72 bits per heavy atom. The largest absolute Gasteiger partial charge is 0.497 e. The van der Waals surface area contributed by atoms with Crippen LogP contribution in [0.4, 0.5) is 0 Å². The van der Waals surface area contributed by atoms with Gasteiger partial charge in [-0.05, 0) is 18.2 Å². The van der Waals surface area contributed by atoms with Gasteiger partial charge in [-0.15, -0.1) is 10.2 Å². The Kier molecular flexibility index (Phi) is 5.36. The van der Waals surface area contributed by atoms with Crippen molar-refractivity contribution < 1.29 is 14.3 Å². The second kappa shape index (κ2) is 7.51. The number of carbonyl (C=O) groups excluding carboxylic acids is 1. The van der Waals surface area contributed by atoms with E-state index in [0.717, 1.165) is 0 Å². The summed E-state index contributed by atoms with van der Waals surface area (Å²) in [6.07, 6.45) is 1.66. The van der Waals surface area contributed by atoms with Crippen LogP contribution in [0.2, 0.25) is 10.0 Å². The molecule has 0 saturated heterocycles. The Balaban J connectivity index is 1.81. The number of Topliss-reactive ketones (excluding diaryl/α,β-unsaturated/α-hetero) is 1. The van der Waals surface area contributed by atoms with Gasteiger partial charge in [0.2, 0.25) is 0 Å². The van der Waals surface area contributed by atoms with Crippen molar-refractivity contribution in [2.24, 2.45) is 0 Å². The smallest absolute Gasteiger partial charge is 0.196 e. The van der Waals surface area contributed by atoms with Crippen LogP contribution in [0.5, 0.6) is 11.5 Å². The Morgan fingerprint density at radius 2 is 2.00 bits per heavy atom. The van der Waals surface area contributed by atoms with E-state index in [1.807, 2.05) is 0 Å². The number of fused-ring (bicyclic) bond motifs is 1. The van der Waals surface area contributed by atoms with Gasteiger partial charge < -0.3 is 9.47 Å². The molecule has 0 amide bonds. The molecular formula is C16H13Cl2N3O3S. The number of methoxy groups -OCH3 is 2. The molecule has 0 fully saturated rings. The first-order chi connectivity index (χ1) is 12.0. The van der Waals surface area contributed by atoms with Gasteiger partial charge in [-0.25, -0.2) is 0 Å². The highest BCUT2D eigenvalue weighted by atomic mass is 35.5. The minimum absolute atomic E-state index is 0.102. The minimum Gasteiger partial charge on any atom is -0.497 e. The number of benzene rings is 1. The zero-order valence-electron chi connectivity index (χ0n) is 13.3. The number of ether oxygens (including phenoxy) is 2. The highest BCUT2D eigenvalue weighted by molar-refractivity contribution is 7.99. The first kappa shape index (κ1) is 17.8. The van der Waals surface area contributed by atoms with Crippen LogP contribution in [0.1, 0.15) is 10.4 Å². The van der Waals surface area contributed by atoms with Crippen molar-refractivity contribution in [3.8, 4) is 11.5 Å². The van der Waals surface area contributed by atoms with Crippen molar-refractivity contribution >= 4 is 46.4 Å². The van der Waals surface area contributed by atoms with Crippen molar-refractivity contribution in [1.29, 1.82) is 0 Å². The van der Waals surface area contributed by atoms with E-state index in [9.17, 15) is 4.79 Å². The number of ketones is 1. The lowest BCUT2D eigenvalue weighted by atomic mass is 10.1.